The topological polar surface area (TPSA) is 29.3 Å². The second-order valence-electron chi connectivity index (χ2n) is 12.4. The highest BCUT2D eigenvalue weighted by Gasteiger charge is 2.37. The van der Waals surface area contributed by atoms with E-state index < -0.39 is 0 Å². The fourth-order valence-corrected chi connectivity index (χ4v) is 7.29. The van der Waals surface area contributed by atoms with Gasteiger partial charge in [0.05, 0.1) is 0 Å². The van der Waals surface area contributed by atoms with E-state index in [1.807, 2.05) is 30.3 Å². The molecule has 0 N–H and O–H groups in total. The van der Waals surface area contributed by atoms with Gasteiger partial charge in [-0.2, -0.15) is 0 Å². The summed E-state index contributed by atoms with van der Waals surface area (Å²) in [4.78, 5) is 7.16. The molecule has 214 valence electrons. The molecule has 0 bridgehead atoms. The lowest BCUT2D eigenvalue weighted by Crippen LogP contribution is -2.15. The predicted octanol–water partition coefficient (Wildman–Crippen LogP) is 11.6. The molecule has 8 aromatic rings. The van der Waals surface area contributed by atoms with Gasteiger partial charge in [0, 0.05) is 33.4 Å². The third-order valence-electron chi connectivity index (χ3n) is 9.41. The number of hydrogen-bond donors (Lipinski definition) is 0. The minimum Gasteiger partial charge on any atom is -0.435 e. The number of anilines is 3. The molecule has 1 aromatic heterocycles. The van der Waals surface area contributed by atoms with E-state index in [4.69, 9.17) is 9.40 Å². The number of benzene rings is 7. The van der Waals surface area contributed by atoms with Gasteiger partial charge < -0.3 is 9.32 Å². The lowest BCUT2D eigenvalue weighted by atomic mass is 9.80. The summed E-state index contributed by atoms with van der Waals surface area (Å²) < 4.78 is 6.43. The van der Waals surface area contributed by atoms with Crippen LogP contribution in [-0.4, -0.2) is 4.98 Å². The third-order valence-corrected chi connectivity index (χ3v) is 9.41. The lowest BCUT2D eigenvalue weighted by molar-refractivity contribution is 0.623. The van der Waals surface area contributed by atoms with Crippen molar-refractivity contribution in [3.63, 3.8) is 0 Å². The van der Waals surface area contributed by atoms with Gasteiger partial charge in [0.25, 0.3) is 0 Å². The number of fused-ring (bicyclic) bond motifs is 8. The van der Waals surface area contributed by atoms with Crippen molar-refractivity contribution in [1.29, 1.82) is 0 Å². The van der Waals surface area contributed by atoms with Crippen LogP contribution in [0, 0.1) is 0 Å². The molecule has 0 amide bonds. The molecule has 45 heavy (non-hydrogen) atoms. The zero-order valence-electron chi connectivity index (χ0n) is 25.2. The smallest absolute Gasteiger partial charge is 0.227 e. The van der Waals surface area contributed by atoms with E-state index in [1.54, 1.807) is 0 Å². The first kappa shape index (κ1) is 25.8. The molecule has 0 unspecified atom stereocenters. The number of rotatable bonds is 4. The highest BCUT2D eigenvalue weighted by atomic mass is 16.3. The summed E-state index contributed by atoms with van der Waals surface area (Å²) in [6.45, 7) is 4.70. The van der Waals surface area contributed by atoms with E-state index in [9.17, 15) is 0 Å². The van der Waals surface area contributed by atoms with E-state index >= 15 is 0 Å². The Kier molecular flexibility index (Phi) is 5.54. The van der Waals surface area contributed by atoms with Crippen LogP contribution in [0.2, 0.25) is 0 Å². The zero-order chi connectivity index (χ0) is 30.1. The molecule has 0 fully saturated rings. The summed E-state index contributed by atoms with van der Waals surface area (Å²) in [6, 6.07) is 51.8. The van der Waals surface area contributed by atoms with Crippen LogP contribution in [0.5, 0.6) is 0 Å². The molecular formula is C42H30N2O. The van der Waals surface area contributed by atoms with Gasteiger partial charge in [0.2, 0.25) is 5.89 Å². The third kappa shape index (κ3) is 3.94. The van der Waals surface area contributed by atoms with Gasteiger partial charge >= 0.3 is 0 Å². The fourth-order valence-electron chi connectivity index (χ4n) is 7.29. The highest BCUT2D eigenvalue weighted by Crippen LogP contribution is 2.53. The molecular weight excluding hydrogens is 548 g/mol. The molecule has 0 aliphatic heterocycles. The van der Waals surface area contributed by atoms with Crippen LogP contribution < -0.4 is 4.90 Å². The van der Waals surface area contributed by atoms with Crippen molar-refractivity contribution in [1.82, 2.24) is 4.98 Å². The standard InChI is InChI=1S/C42H30N2O/c1-42(2)37-26-28-18-19-32(44(30-14-8-4-9-15-30)31-16-10-5-11-17-31)24-29(28)25-36(37)34-20-21-35-33(39(34)42)22-23-38-40(35)45-41(43-38)27-12-6-3-7-13-27/h3-26H,1-2H3. The van der Waals surface area contributed by atoms with Crippen LogP contribution in [-0.2, 0) is 5.41 Å². The van der Waals surface area contributed by atoms with Crippen molar-refractivity contribution in [3.05, 3.63) is 157 Å². The second-order valence-corrected chi connectivity index (χ2v) is 12.4. The second kappa shape index (κ2) is 9.67. The first-order chi connectivity index (χ1) is 22.1. The number of nitrogens with zero attached hydrogens (tertiary/aromatic N) is 2. The minimum absolute atomic E-state index is 0.174. The molecule has 1 aliphatic carbocycles. The molecule has 0 spiro atoms. The summed E-state index contributed by atoms with van der Waals surface area (Å²) in [6.07, 6.45) is 0. The summed E-state index contributed by atoms with van der Waals surface area (Å²) in [5.74, 6) is 0.656. The average Bonchev–Trinajstić information content (AvgIpc) is 3.62. The summed E-state index contributed by atoms with van der Waals surface area (Å²) in [5.41, 5.74) is 11.2. The van der Waals surface area contributed by atoms with Crippen LogP contribution in [0.1, 0.15) is 25.0 Å². The molecule has 3 nitrogen and oxygen atoms in total. The van der Waals surface area contributed by atoms with Gasteiger partial charge in [-0.05, 0) is 111 Å². The van der Waals surface area contributed by atoms with Gasteiger partial charge in [-0.15, -0.1) is 0 Å². The molecule has 0 saturated heterocycles. The SMILES string of the molecule is CC1(C)c2cc3ccc(N(c4ccccc4)c4ccccc4)cc3cc2-c2ccc3c(ccc4nc(-c5ccccc5)oc43)c21. The maximum Gasteiger partial charge on any atom is 0.227 e. The quantitative estimate of drug-likeness (QED) is 0.208. The first-order valence-corrected chi connectivity index (χ1v) is 15.5. The largest absolute Gasteiger partial charge is 0.435 e. The Balaban J connectivity index is 1.21. The van der Waals surface area contributed by atoms with Crippen molar-refractivity contribution >= 4 is 49.7 Å². The number of aromatic nitrogens is 1. The van der Waals surface area contributed by atoms with Crippen LogP contribution in [0.15, 0.2) is 150 Å². The van der Waals surface area contributed by atoms with E-state index in [2.05, 4.69) is 134 Å². The Bertz CT molecular complexity index is 2350. The van der Waals surface area contributed by atoms with Gasteiger partial charge in [0.1, 0.15) is 5.52 Å². The van der Waals surface area contributed by atoms with E-state index in [1.165, 1.54) is 38.4 Å². The molecule has 0 saturated carbocycles. The van der Waals surface area contributed by atoms with Gasteiger partial charge in [-0.3, -0.25) is 0 Å². The number of para-hydroxylation sites is 2. The van der Waals surface area contributed by atoms with Crippen LogP contribution in [0.4, 0.5) is 17.1 Å². The summed E-state index contributed by atoms with van der Waals surface area (Å²) in [7, 11) is 0. The van der Waals surface area contributed by atoms with Crippen LogP contribution in [0.3, 0.4) is 0 Å². The Labute approximate surface area is 262 Å². The highest BCUT2D eigenvalue weighted by molar-refractivity contribution is 6.09. The van der Waals surface area contributed by atoms with Gasteiger partial charge in [-0.25, -0.2) is 4.98 Å². The molecule has 0 atom stereocenters. The zero-order valence-corrected chi connectivity index (χ0v) is 25.2. The minimum atomic E-state index is -0.174. The predicted molar refractivity (Wildman–Crippen MR) is 187 cm³/mol. The monoisotopic (exact) mass is 578 g/mol. The molecule has 1 heterocycles. The number of hydrogen-bond acceptors (Lipinski definition) is 3. The summed E-state index contributed by atoms with van der Waals surface area (Å²) >= 11 is 0. The summed E-state index contributed by atoms with van der Waals surface area (Å²) in [5, 5.41) is 4.80. The van der Waals surface area contributed by atoms with Crippen molar-refractivity contribution in [3.8, 4) is 22.6 Å². The Morgan fingerprint density at radius 3 is 1.93 bits per heavy atom. The van der Waals surface area contributed by atoms with E-state index in [0.29, 0.717) is 5.89 Å². The molecule has 3 heteroatoms. The van der Waals surface area contributed by atoms with E-state index in [-0.39, 0.29) is 5.41 Å². The van der Waals surface area contributed by atoms with Crippen molar-refractivity contribution in [2.45, 2.75) is 19.3 Å². The van der Waals surface area contributed by atoms with Crippen molar-refractivity contribution in [2.24, 2.45) is 0 Å². The molecule has 0 radical (unpaired) electrons. The fraction of sp³-hybridized carbons (Fsp3) is 0.0714. The normalized spacial score (nSPS) is 13.3. The van der Waals surface area contributed by atoms with Gasteiger partial charge in [-0.1, -0.05) is 86.6 Å². The Morgan fingerprint density at radius 1 is 0.556 bits per heavy atom. The van der Waals surface area contributed by atoms with E-state index in [0.717, 1.165) is 39.1 Å². The molecule has 9 rings (SSSR count). The number of oxazole rings is 1. The molecule has 7 aromatic carbocycles. The maximum atomic E-state index is 6.43. The maximum absolute atomic E-state index is 6.43. The first-order valence-electron chi connectivity index (χ1n) is 15.5. The average molecular weight is 579 g/mol. The van der Waals surface area contributed by atoms with Crippen molar-refractivity contribution < 1.29 is 4.42 Å². The van der Waals surface area contributed by atoms with Crippen LogP contribution in [0.25, 0.3) is 55.2 Å². The van der Waals surface area contributed by atoms with Gasteiger partial charge in [0.15, 0.2) is 5.58 Å². The molecule has 1 aliphatic rings. The Hall–Kier alpha value is -5.67. The Morgan fingerprint density at radius 2 is 1.22 bits per heavy atom. The lowest BCUT2D eigenvalue weighted by Gasteiger charge is -2.26. The van der Waals surface area contributed by atoms with Crippen LogP contribution >= 0.6 is 0 Å². The van der Waals surface area contributed by atoms with Crippen molar-refractivity contribution in [2.75, 3.05) is 4.90 Å².